The van der Waals surface area contributed by atoms with E-state index in [0.717, 1.165) is 18.7 Å². The number of benzene rings is 2. The van der Waals surface area contributed by atoms with Crippen molar-refractivity contribution in [2.75, 3.05) is 18.0 Å². The molecule has 0 aromatic heterocycles. The Bertz CT molecular complexity index is 648. The lowest BCUT2D eigenvalue weighted by molar-refractivity contribution is -0.119. The quantitative estimate of drug-likeness (QED) is 0.929. The number of para-hydroxylation sites is 1. The summed E-state index contributed by atoms with van der Waals surface area (Å²) in [5, 5.41) is 3.13. The highest BCUT2D eigenvalue weighted by Gasteiger charge is 2.21. The first-order chi connectivity index (χ1) is 11.3. The van der Waals surface area contributed by atoms with E-state index in [9.17, 15) is 4.79 Å². The van der Waals surface area contributed by atoms with Crippen LogP contribution in [0.4, 0.5) is 5.69 Å². The van der Waals surface area contributed by atoms with Crippen LogP contribution in [0.1, 0.15) is 43.4 Å². The third-order valence-electron chi connectivity index (χ3n) is 4.43. The lowest BCUT2D eigenvalue weighted by Gasteiger charge is -2.32. The molecular weight excluding hydrogens is 284 g/mol. The predicted molar refractivity (Wildman–Crippen MR) is 94.6 cm³/mol. The summed E-state index contributed by atoms with van der Waals surface area (Å²) in [7, 11) is 0. The Morgan fingerprint density at radius 1 is 0.957 bits per heavy atom. The van der Waals surface area contributed by atoms with Gasteiger partial charge in [-0.3, -0.25) is 4.79 Å². The molecule has 0 bridgehead atoms. The van der Waals surface area contributed by atoms with Gasteiger partial charge in [0.25, 0.3) is 0 Å². The van der Waals surface area contributed by atoms with Gasteiger partial charge in [-0.25, -0.2) is 0 Å². The van der Waals surface area contributed by atoms with Gasteiger partial charge in [0.05, 0.1) is 6.04 Å². The number of rotatable bonds is 4. The van der Waals surface area contributed by atoms with E-state index in [2.05, 4.69) is 46.6 Å². The van der Waals surface area contributed by atoms with Gasteiger partial charge in [-0.1, -0.05) is 48.5 Å². The molecule has 1 heterocycles. The van der Waals surface area contributed by atoms with E-state index in [1.165, 1.54) is 30.5 Å². The molecule has 1 fully saturated rings. The standard InChI is InChI=1S/C20H24N2O/c1-16(23)21-20(17-10-4-2-5-11-17)18-12-6-7-13-19(18)22-14-8-3-9-15-22/h2,4-7,10-13,20H,3,8-9,14-15H2,1H3,(H,21,23). The van der Waals surface area contributed by atoms with E-state index in [0.29, 0.717) is 0 Å². The number of nitrogens with one attached hydrogen (secondary N) is 1. The average Bonchev–Trinajstić information content (AvgIpc) is 2.61. The molecular formula is C20H24N2O. The molecule has 0 spiro atoms. The smallest absolute Gasteiger partial charge is 0.217 e. The molecule has 0 aliphatic carbocycles. The van der Waals surface area contributed by atoms with Crippen LogP contribution in [-0.2, 0) is 4.79 Å². The average molecular weight is 308 g/mol. The molecule has 1 aliphatic heterocycles. The molecule has 1 aliphatic rings. The highest BCUT2D eigenvalue weighted by molar-refractivity contribution is 5.75. The van der Waals surface area contributed by atoms with E-state index in [4.69, 9.17) is 0 Å². The van der Waals surface area contributed by atoms with Crippen molar-refractivity contribution in [3.05, 3.63) is 65.7 Å². The maximum absolute atomic E-state index is 11.8. The second-order valence-corrected chi connectivity index (χ2v) is 6.15. The van der Waals surface area contributed by atoms with Gasteiger partial charge in [0.2, 0.25) is 5.91 Å². The fourth-order valence-corrected chi connectivity index (χ4v) is 3.34. The zero-order chi connectivity index (χ0) is 16.1. The molecule has 3 heteroatoms. The van der Waals surface area contributed by atoms with Crippen LogP contribution in [-0.4, -0.2) is 19.0 Å². The summed E-state index contributed by atoms with van der Waals surface area (Å²) in [6.45, 7) is 3.77. The van der Waals surface area contributed by atoms with Crippen molar-refractivity contribution in [1.29, 1.82) is 0 Å². The molecule has 1 unspecified atom stereocenters. The van der Waals surface area contributed by atoms with Crippen LogP contribution >= 0.6 is 0 Å². The van der Waals surface area contributed by atoms with E-state index in [1.54, 1.807) is 6.92 Å². The summed E-state index contributed by atoms with van der Waals surface area (Å²) in [5.41, 5.74) is 3.54. The number of nitrogens with zero attached hydrogens (tertiary/aromatic N) is 1. The van der Waals surface area contributed by atoms with Gasteiger partial charge in [-0.15, -0.1) is 0 Å². The molecule has 2 aromatic rings. The topological polar surface area (TPSA) is 32.3 Å². The Kier molecular flexibility index (Phi) is 4.96. The van der Waals surface area contributed by atoms with Crippen LogP contribution in [0.15, 0.2) is 54.6 Å². The molecule has 1 saturated heterocycles. The predicted octanol–water partition coefficient (Wildman–Crippen LogP) is 3.90. The van der Waals surface area contributed by atoms with Crippen molar-refractivity contribution < 1.29 is 4.79 Å². The summed E-state index contributed by atoms with van der Waals surface area (Å²) in [4.78, 5) is 14.2. The number of amides is 1. The fourth-order valence-electron chi connectivity index (χ4n) is 3.34. The third kappa shape index (κ3) is 3.73. The summed E-state index contributed by atoms with van der Waals surface area (Å²) < 4.78 is 0. The Labute approximate surface area is 138 Å². The molecule has 3 rings (SSSR count). The van der Waals surface area contributed by atoms with Crippen LogP contribution in [0.25, 0.3) is 0 Å². The molecule has 2 aromatic carbocycles. The number of anilines is 1. The van der Waals surface area contributed by atoms with E-state index >= 15 is 0 Å². The van der Waals surface area contributed by atoms with E-state index < -0.39 is 0 Å². The highest BCUT2D eigenvalue weighted by Crippen LogP contribution is 2.32. The SMILES string of the molecule is CC(=O)NC(c1ccccc1)c1ccccc1N1CCCCC1. The fraction of sp³-hybridized carbons (Fsp3) is 0.350. The molecule has 1 N–H and O–H groups in total. The molecule has 1 amide bonds. The van der Waals surface area contributed by atoms with Gasteiger partial charge in [0.15, 0.2) is 0 Å². The van der Waals surface area contributed by atoms with Gasteiger partial charge in [-0.2, -0.15) is 0 Å². The van der Waals surface area contributed by atoms with Crippen LogP contribution in [0.5, 0.6) is 0 Å². The molecule has 0 saturated carbocycles. The molecule has 120 valence electrons. The van der Waals surface area contributed by atoms with Gasteiger partial charge < -0.3 is 10.2 Å². The molecule has 1 atom stereocenters. The Balaban J connectivity index is 2.00. The Morgan fingerprint density at radius 2 is 1.61 bits per heavy atom. The van der Waals surface area contributed by atoms with Crippen LogP contribution in [0, 0.1) is 0 Å². The summed E-state index contributed by atoms with van der Waals surface area (Å²) >= 11 is 0. The number of hydrogen-bond acceptors (Lipinski definition) is 2. The van der Waals surface area contributed by atoms with Crippen molar-refractivity contribution in [1.82, 2.24) is 5.32 Å². The number of carbonyl (C=O) groups excluding carboxylic acids is 1. The van der Waals surface area contributed by atoms with Crippen LogP contribution in [0.3, 0.4) is 0 Å². The van der Waals surface area contributed by atoms with Crippen LogP contribution in [0.2, 0.25) is 0 Å². The normalized spacial score (nSPS) is 16.0. The first-order valence-electron chi connectivity index (χ1n) is 8.41. The van der Waals surface area contributed by atoms with E-state index in [-0.39, 0.29) is 11.9 Å². The molecule has 3 nitrogen and oxygen atoms in total. The van der Waals surface area contributed by atoms with Gasteiger partial charge >= 0.3 is 0 Å². The first-order valence-corrected chi connectivity index (χ1v) is 8.41. The van der Waals surface area contributed by atoms with Gasteiger partial charge in [0, 0.05) is 31.3 Å². The van der Waals surface area contributed by atoms with Crippen molar-refractivity contribution in [2.45, 2.75) is 32.2 Å². The Morgan fingerprint density at radius 3 is 2.30 bits per heavy atom. The van der Waals surface area contributed by atoms with E-state index in [1.807, 2.05) is 18.2 Å². The number of hydrogen-bond donors (Lipinski definition) is 1. The largest absolute Gasteiger partial charge is 0.371 e. The highest BCUT2D eigenvalue weighted by atomic mass is 16.1. The second-order valence-electron chi connectivity index (χ2n) is 6.15. The zero-order valence-electron chi connectivity index (χ0n) is 13.7. The van der Waals surface area contributed by atoms with Gasteiger partial charge in [0.1, 0.15) is 0 Å². The maximum Gasteiger partial charge on any atom is 0.217 e. The van der Waals surface area contributed by atoms with Gasteiger partial charge in [-0.05, 0) is 30.9 Å². The zero-order valence-corrected chi connectivity index (χ0v) is 13.7. The van der Waals surface area contributed by atoms with Crippen molar-refractivity contribution in [2.24, 2.45) is 0 Å². The van der Waals surface area contributed by atoms with Crippen molar-refractivity contribution >= 4 is 11.6 Å². The van der Waals surface area contributed by atoms with Crippen molar-refractivity contribution in [3.8, 4) is 0 Å². The van der Waals surface area contributed by atoms with Crippen molar-refractivity contribution in [3.63, 3.8) is 0 Å². The summed E-state index contributed by atoms with van der Waals surface area (Å²) in [6.07, 6.45) is 3.79. The minimum atomic E-state index is -0.105. The first kappa shape index (κ1) is 15.6. The second kappa shape index (κ2) is 7.32. The maximum atomic E-state index is 11.8. The third-order valence-corrected chi connectivity index (χ3v) is 4.43. The molecule has 0 radical (unpaired) electrons. The minimum absolute atomic E-state index is 0.00713. The number of carbonyl (C=O) groups is 1. The monoisotopic (exact) mass is 308 g/mol. The lowest BCUT2D eigenvalue weighted by atomic mass is 9.95. The Hall–Kier alpha value is -2.29. The number of piperidine rings is 1. The summed E-state index contributed by atoms with van der Waals surface area (Å²) in [6, 6.07) is 18.6. The molecule has 23 heavy (non-hydrogen) atoms. The lowest BCUT2D eigenvalue weighted by Crippen LogP contribution is -2.33. The summed E-state index contributed by atoms with van der Waals surface area (Å²) in [5.74, 6) is -0.00713. The minimum Gasteiger partial charge on any atom is -0.371 e. The van der Waals surface area contributed by atoms with Crippen LogP contribution < -0.4 is 10.2 Å².